The third-order valence-electron chi connectivity index (χ3n) is 3.00. The first kappa shape index (κ1) is 15.3. The molecule has 0 spiro atoms. The topological polar surface area (TPSA) is 29.1 Å². The molecule has 2 aromatic carbocycles. The number of halogens is 2. The van der Waals surface area contributed by atoms with E-state index in [4.69, 9.17) is 0 Å². The Bertz CT molecular complexity index is 608. The molecule has 0 radical (unpaired) electrons. The summed E-state index contributed by atoms with van der Waals surface area (Å²) in [6.45, 7) is 2.53. The highest BCUT2D eigenvalue weighted by molar-refractivity contribution is 9.10. The lowest BCUT2D eigenvalue weighted by Gasteiger charge is -2.08. The average Bonchev–Trinajstić information content (AvgIpc) is 2.45. The molecule has 0 saturated heterocycles. The lowest BCUT2D eigenvalue weighted by atomic mass is 10.1. The number of carbonyl (C=O) groups is 1. The summed E-state index contributed by atoms with van der Waals surface area (Å²) in [6, 6.07) is 13.9. The normalized spacial score (nSPS) is 10.3. The molecule has 1 amide bonds. The summed E-state index contributed by atoms with van der Waals surface area (Å²) in [7, 11) is 0. The maximum absolute atomic E-state index is 12.1. The molecule has 2 nitrogen and oxygen atoms in total. The largest absolute Gasteiger partial charge is 0.348 e. The van der Waals surface area contributed by atoms with Gasteiger partial charge < -0.3 is 5.32 Å². The molecule has 0 aliphatic heterocycles. The third kappa shape index (κ3) is 3.93. The Hall–Kier alpha value is -1.13. The number of amides is 1. The molecular weight excluding hydrogens is 382 g/mol. The molecule has 0 aromatic heterocycles. The first-order valence-corrected chi connectivity index (χ1v) is 8.19. The second-order valence-electron chi connectivity index (χ2n) is 4.62. The van der Waals surface area contributed by atoms with Crippen LogP contribution < -0.4 is 5.32 Å². The van der Waals surface area contributed by atoms with E-state index in [9.17, 15) is 4.79 Å². The predicted octanol–water partition coefficient (Wildman–Crippen LogP) is 4.58. The summed E-state index contributed by atoms with van der Waals surface area (Å²) in [5.74, 6) is -0.0681. The SMILES string of the molecule is Cc1ccc(C(=O)NCc2ccc(CBr)cc2)c(Br)c1. The molecule has 2 rings (SSSR count). The predicted molar refractivity (Wildman–Crippen MR) is 89.1 cm³/mol. The van der Waals surface area contributed by atoms with Gasteiger partial charge in [-0.1, -0.05) is 46.3 Å². The fourth-order valence-electron chi connectivity index (χ4n) is 1.83. The van der Waals surface area contributed by atoms with Gasteiger partial charge in [-0.05, 0) is 51.7 Å². The van der Waals surface area contributed by atoms with E-state index in [0.29, 0.717) is 12.1 Å². The molecule has 2 aromatic rings. The number of alkyl halides is 1. The molecule has 20 heavy (non-hydrogen) atoms. The molecule has 0 bridgehead atoms. The highest BCUT2D eigenvalue weighted by Gasteiger charge is 2.09. The van der Waals surface area contributed by atoms with Gasteiger partial charge in [-0.3, -0.25) is 4.79 Å². The van der Waals surface area contributed by atoms with Gasteiger partial charge in [-0.2, -0.15) is 0 Å². The van der Waals surface area contributed by atoms with Gasteiger partial charge in [0.15, 0.2) is 0 Å². The van der Waals surface area contributed by atoms with Crippen LogP contribution in [0.2, 0.25) is 0 Å². The monoisotopic (exact) mass is 395 g/mol. The van der Waals surface area contributed by atoms with Crippen molar-refractivity contribution >= 4 is 37.8 Å². The van der Waals surface area contributed by atoms with E-state index in [0.717, 1.165) is 20.9 Å². The van der Waals surface area contributed by atoms with E-state index in [2.05, 4.69) is 49.3 Å². The number of aryl methyl sites for hydroxylation is 1. The van der Waals surface area contributed by atoms with Crippen molar-refractivity contribution in [2.75, 3.05) is 0 Å². The first-order chi connectivity index (χ1) is 9.60. The van der Waals surface area contributed by atoms with Crippen LogP contribution in [0, 0.1) is 6.92 Å². The Morgan fingerprint density at radius 2 is 1.75 bits per heavy atom. The summed E-state index contributed by atoms with van der Waals surface area (Å²) >= 11 is 6.84. The van der Waals surface area contributed by atoms with Crippen molar-refractivity contribution in [3.63, 3.8) is 0 Å². The van der Waals surface area contributed by atoms with E-state index in [1.165, 1.54) is 5.56 Å². The van der Waals surface area contributed by atoms with Crippen LogP contribution in [0.1, 0.15) is 27.0 Å². The van der Waals surface area contributed by atoms with Crippen LogP contribution in [0.5, 0.6) is 0 Å². The van der Waals surface area contributed by atoms with Gasteiger partial charge in [0.1, 0.15) is 0 Å². The minimum absolute atomic E-state index is 0.0681. The van der Waals surface area contributed by atoms with Gasteiger partial charge in [0.2, 0.25) is 0 Å². The van der Waals surface area contributed by atoms with Gasteiger partial charge in [0.05, 0.1) is 5.56 Å². The molecule has 4 heteroatoms. The minimum Gasteiger partial charge on any atom is -0.348 e. The van der Waals surface area contributed by atoms with Crippen LogP contribution >= 0.6 is 31.9 Å². The van der Waals surface area contributed by atoms with Gasteiger partial charge in [0, 0.05) is 16.3 Å². The maximum atomic E-state index is 12.1. The second kappa shape index (κ2) is 7.04. The Labute approximate surface area is 135 Å². The molecule has 0 aliphatic rings. The highest BCUT2D eigenvalue weighted by atomic mass is 79.9. The van der Waals surface area contributed by atoms with Crippen molar-refractivity contribution in [1.29, 1.82) is 0 Å². The van der Waals surface area contributed by atoms with Crippen molar-refractivity contribution < 1.29 is 4.79 Å². The van der Waals surface area contributed by atoms with Crippen LogP contribution in [0.4, 0.5) is 0 Å². The molecule has 1 N–H and O–H groups in total. The molecule has 0 unspecified atom stereocenters. The van der Waals surface area contributed by atoms with E-state index in [-0.39, 0.29) is 5.91 Å². The number of hydrogen-bond donors (Lipinski definition) is 1. The van der Waals surface area contributed by atoms with E-state index < -0.39 is 0 Å². The Morgan fingerprint density at radius 3 is 2.35 bits per heavy atom. The summed E-state index contributed by atoms with van der Waals surface area (Å²) in [5.41, 5.74) is 4.10. The fourth-order valence-corrected chi connectivity index (χ4v) is 2.88. The molecule has 0 heterocycles. The second-order valence-corrected chi connectivity index (χ2v) is 6.03. The number of hydrogen-bond acceptors (Lipinski definition) is 1. The Kier molecular flexibility index (Phi) is 5.38. The first-order valence-electron chi connectivity index (χ1n) is 6.28. The zero-order valence-corrected chi connectivity index (χ0v) is 14.3. The lowest BCUT2D eigenvalue weighted by molar-refractivity contribution is 0.0950. The van der Waals surface area contributed by atoms with E-state index >= 15 is 0 Å². The van der Waals surface area contributed by atoms with Crippen molar-refractivity contribution in [2.45, 2.75) is 18.8 Å². The third-order valence-corrected chi connectivity index (χ3v) is 4.30. The summed E-state index contributed by atoms with van der Waals surface area (Å²) in [4.78, 5) is 12.1. The number of carbonyl (C=O) groups excluding carboxylic acids is 1. The van der Waals surface area contributed by atoms with Crippen LogP contribution in [0.3, 0.4) is 0 Å². The number of benzene rings is 2. The van der Waals surface area contributed by atoms with Crippen LogP contribution in [-0.2, 0) is 11.9 Å². The molecule has 0 atom stereocenters. The van der Waals surface area contributed by atoms with Crippen molar-refractivity contribution in [1.82, 2.24) is 5.32 Å². The summed E-state index contributed by atoms with van der Waals surface area (Å²) in [5, 5.41) is 3.78. The number of rotatable bonds is 4. The Morgan fingerprint density at radius 1 is 1.10 bits per heavy atom. The Balaban J connectivity index is 2.00. The van der Waals surface area contributed by atoms with E-state index in [1.807, 2.05) is 37.3 Å². The fraction of sp³-hybridized carbons (Fsp3) is 0.188. The zero-order chi connectivity index (χ0) is 14.5. The van der Waals surface area contributed by atoms with Crippen LogP contribution in [-0.4, -0.2) is 5.91 Å². The molecule has 0 aliphatic carbocycles. The van der Waals surface area contributed by atoms with Gasteiger partial charge in [-0.25, -0.2) is 0 Å². The van der Waals surface area contributed by atoms with Gasteiger partial charge >= 0.3 is 0 Å². The molecule has 0 saturated carbocycles. The minimum atomic E-state index is -0.0681. The molecule has 104 valence electrons. The summed E-state index contributed by atoms with van der Waals surface area (Å²) < 4.78 is 0.824. The van der Waals surface area contributed by atoms with Crippen molar-refractivity contribution in [3.05, 3.63) is 69.2 Å². The van der Waals surface area contributed by atoms with Gasteiger partial charge in [0.25, 0.3) is 5.91 Å². The molecular formula is C16H15Br2NO. The zero-order valence-electron chi connectivity index (χ0n) is 11.1. The average molecular weight is 397 g/mol. The standard InChI is InChI=1S/C16H15Br2NO/c1-11-2-7-14(15(18)8-11)16(20)19-10-13-5-3-12(9-17)4-6-13/h2-8H,9-10H2,1H3,(H,19,20). The maximum Gasteiger partial charge on any atom is 0.252 e. The quantitative estimate of drug-likeness (QED) is 0.752. The molecule has 0 fully saturated rings. The van der Waals surface area contributed by atoms with E-state index in [1.54, 1.807) is 0 Å². The van der Waals surface area contributed by atoms with Crippen molar-refractivity contribution in [2.24, 2.45) is 0 Å². The van der Waals surface area contributed by atoms with Crippen molar-refractivity contribution in [3.8, 4) is 0 Å². The number of nitrogens with one attached hydrogen (secondary N) is 1. The highest BCUT2D eigenvalue weighted by Crippen LogP contribution is 2.18. The lowest BCUT2D eigenvalue weighted by Crippen LogP contribution is -2.23. The van der Waals surface area contributed by atoms with Gasteiger partial charge in [-0.15, -0.1) is 0 Å². The van der Waals surface area contributed by atoms with Crippen LogP contribution in [0.15, 0.2) is 46.9 Å². The summed E-state index contributed by atoms with van der Waals surface area (Å²) in [6.07, 6.45) is 0. The van der Waals surface area contributed by atoms with Crippen LogP contribution in [0.25, 0.3) is 0 Å². The smallest absolute Gasteiger partial charge is 0.252 e.